The molecule has 226 valence electrons. The molecule has 8 heteroatoms. The zero-order valence-electron chi connectivity index (χ0n) is 26.1. The number of carbonyl (C=O) groups excluding carboxylic acids is 1. The molecular formula is C34H49N6O2+. The van der Waals surface area contributed by atoms with Gasteiger partial charge in [-0.05, 0) is 75.0 Å². The Labute approximate surface area is 252 Å². The van der Waals surface area contributed by atoms with Gasteiger partial charge < -0.3 is 10.0 Å². The smallest absolute Gasteiger partial charge is 0.201 e. The van der Waals surface area contributed by atoms with Crippen LogP contribution in [0.5, 0.6) is 0 Å². The molecule has 1 aromatic carbocycles. The van der Waals surface area contributed by atoms with E-state index in [2.05, 4.69) is 69.6 Å². The third kappa shape index (κ3) is 6.62. The van der Waals surface area contributed by atoms with Crippen molar-refractivity contribution in [3.05, 3.63) is 71.0 Å². The summed E-state index contributed by atoms with van der Waals surface area (Å²) in [7, 11) is 4.40. The standard InChI is InChI=1S/C34H48N6O2/c1-5-37(6-2)29-15-11-27(12-16-29)31-33(41)32(34(31)42)28-13-17-30(18-14-28)38(25-23-35(3)39-19-7-8-20-39)26-24-36(4)40-21-9-10-22-40/h11-18H,5-10,19-26H2,1-4H3/p+1. The number of aliphatic hydroxyl groups is 1. The third-order valence-corrected chi connectivity index (χ3v) is 9.25. The summed E-state index contributed by atoms with van der Waals surface area (Å²) >= 11 is 0. The van der Waals surface area contributed by atoms with Crippen molar-refractivity contribution in [1.29, 1.82) is 0 Å². The molecule has 0 radical (unpaired) electrons. The van der Waals surface area contributed by atoms with Gasteiger partial charge in [0, 0.05) is 71.2 Å². The number of aliphatic hydroxyl groups excluding tert-OH is 1. The van der Waals surface area contributed by atoms with Crippen LogP contribution in [0.15, 0.2) is 65.5 Å². The van der Waals surface area contributed by atoms with Crippen molar-refractivity contribution in [2.45, 2.75) is 39.5 Å². The number of carbonyl (C=O) groups is 1. The van der Waals surface area contributed by atoms with E-state index in [9.17, 15) is 9.90 Å². The first-order valence-corrected chi connectivity index (χ1v) is 15.9. The van der Waals surface area contributed by atoms with E-state index < -0.39 is 0 Å². The van der Waals surface area contributed by atoms with E-state index in [1.165, 1.54) is 25.7 Å². The van der Waals surface area contributed by atoms with E-state index in [0.29, 0.717) is 11.1 Å². The summed E-state index contributed by atoms with van der Waals surface area (Å²) < 4.78 is 2.45. The summed E-state index contributed by atoms with van der Waals surface area (Å²) in [4.78, 5) is 15.5. The number of hydrogen-bond donors (Lipinski definition) is 1. The highest BCUT2D eigenvalue weighted by molar-refractivity contribution is 6.39. The number of nitrogens with zero attached hydrogens (tertiary/aromatic N) is 6. The molecule has 1 N–H and O–H groups in total. The van der Waals surface area contributed by atoms with Crippen LogP contribution in [0.2, 0.25) is 0 Å². The largest absolute Gasteiger partial charge is 0.506 e. The molecule has 0 aromatic heterocycles. The van der Waals surface area contributed by atoms with Gasteiger partial charge in [0.2, 0.25) is 5.78 Å². The normalized spacial score (nSPS) is 19.7. The fourth-order valence-corrected chi connectivity index (χ4v) is 6.47. The second-order valence-electron chi connectivity index (χ2n) is 11.8. The highest BCUT2D eigenvalue weighted by Gasteiger charge is 2.36. The number of hydrogen-bond acceptors (Lipinski definition) is 7. The van der Waals surface area contributed by atoms with Crippen LogP contribution in [0.1, 0.15) is 45.1 Å². The topological polar surface area (TPSA) is 56.5 Å². The van der Waals surface area contributed by atoms with Gasteiger partial charge in [-0.1, -0.05) is 12.1 Å². The first kappa shape index (κ1) is 30.4. The van der Waals surface area contributed by atoms with Crippen molar-refractivity contribution in [2.75, 3.05) is 84.4 Å². The maximum atomic E-state index is 13.2. The van der Waals surface area contributed by atoms with Gasteiger partial charge in [-0.3, -0.25) is 4.79 Å². The number of rotatable bonds is 12. The van der Waals surface area contributed by atoms with Crippen molar-refractivity contribution in [3.8, 4) is 0 Å². The minimum atomic E-state index is -0.0906. The maximum Gasteiger partial charge on any atom is 0.201 e. The molecule has 1 aromatic rings. The van der Waals surface area contributed by atoms with Crippen molar-refractivity contribution in [2.24, 2.45) is 0 Å². The Morgan fingerprint density at radius 3 is 1.71 bits per heavy atom. The predicted molar refractivity (Wildman–Crippen MR) is 172 cm³/mol. The van der Waals surface area contributed by atoms with E-state index >= 15 is 0 Å². The lowest BCUT2D eigenvalue weighted by atomic mass is 9.80. The SMILES string of the molecule is CCN(CC)c1ccc(C2=C(O)C(=C3C=CC(=[N+](CCN(C)N4CCCC4)CCN(C)N4CCCC4)C=C3)C2=O)cc1. The summed E-state index contributed by atoms with van der Waals surface area (Å²) in [5, 5.41) is 20.6. The molecule has 5 rings (SSSR count). The van der Waals surface area contributed by atoms with Crippen LogP contribution < -0.4 is 4.90 Å². The monoisotopic (exact) mass is 573 g/mol. The molecule has 2 aliphatic carbocycles. The van der Waals surface area contributed by atoms with E-state index in [4.69, 9.17) is 0 Å². The Morgan fingerprint density at radius 1 is 0.762 bits per heavy atom. The van der Waals surface area contributed by atoms with Crippen LogP contribution in [-0.4, -0.2) is 121 Å². The fraction of sp³-hybridized carbons (Fsp3) is 0.529. The molecule has 4 aliphatic rings. The number of likely N-dealkylation sites (N-methyl/N-ethyl adjacent to an activating group) is 2. The summed E-state index contributed by atoms with van der Waals surface area (Å²) in [5.74, 6) is 0.00634. The zero-order valence-corrected chi connectivity index (χ0v) is 26.1. The Hall–Kier alpha value is -3.04. The van der Waals surface area contributed by atoms with Crippen LogP contribution in [0, 0.1) is 0 Å². The van der Waals surface area contributed by atoms with Gasteiger partial charge in [-0.2, -0.15) is 0 Å². The number of allylic oxidation sites excluding steroid dienone is 7. The number of ketones is 1. The van der Waals surface area contributed by atoms with Crippen molar-refractivity contribution in [1.82, 2.24) is 20.0 Å². The Balaban J connectivity index is 1.32. The predicted octanol–water partition coefficient (Wildman–Crippen LogP) is 4.15. The van der Waals surface area contributed by atoms with Crippen molar-refractivity contribution in [3.63, 3.8) is 0 Å². The van der Waals surface area contributed by atoms with Crippen LogP contribution in [0.25, 0.3) is 5.57 Å². The van der Waals surface area contributed by atoms with Gasteiger partial charge in [-0.15, -0.1) is 0 Å². The van der Waals surface area contributed by atoms with Gasteiger partial charge in [-0.25, -0.2) is 24.6 Å². The number of Topliss-reactive ketones (excluding diaryl/α,β-unsaturated/α-hetero) is 1. The molecular weight excluding hydrogens is 524 g/mol. The minimum Gasteiger partial charge on any atom is -0.506 e. The lowest BCUT2D eigenvalue weighted by Gasteiger charge is -2.28. The molecule has 0 spiro atoms. The number of anilines is 1. The van der Waals surface area contributed by atoms with Gasteiger partial charge in [0.05, 0.1) is 24.2 Å². The molecule has 2 saturated heterocycles. The summed E-state index contributed by atoms with van der Waals surface area (Å²) in [6.45, 7) is 14.5. The van der Waals surface area contributed by atoms with Crippen molar-refractivity contribution < 1.29 is 14.5 Å². The van der Waals surface area contributed by atoms with Gasteiger partial charge in [0.15, 0.2) is 18.8 Å². The molecule has 0 amide bonds. The van der Waals surface area contributed by atoms with E-state index in [0.717, 1.165) is 88.0 Å². The van der Waals surface area contributed by atoms with E-state index in [1.54, 1.807) is 0 Å². The Bertz CT molecular complexity index is 1230. The molecule has 0 saturated carbocycles. The van der Waals surface area contributed by atoms with Crippen molar-refractivity contribution >= 4 is 22.8 Å². The second kappa shape index (κ2) is 14.0. The molecule has 42 heavy (non-hydrogen) atoms. The molecule has 2 fully saturated rings. The van der Waals surface area contributed by atoms with Crippen LogP contribution in [0.4, 0.5) is 5.69 Å². The molecule has 2 aliphatic heterocycles. The molecule has 0 bridgehead atoms. The first-order chi connectivity index (χ1) is 20.4. The molecule has 8 nitrogen and oxygen atoms in total. The van der Waals surface area contributed by atoms with E-state index in [-0.39, 0.29) is 11.5 Å². The second-order valence-corrected chi connectivity index (χ2v) is 11.8. The lowest BCUT2D eigenvalue weighted by Crippen LogP contribution is -2.44. The summed E-state index contributed by atoms with van der Waals surface area (Å²) in [6, 6.07) is 7.93. The maximum absolute atomic E-state index is 13.2. The lowest BCUT2D eigenvalue weighted by molar-refractivity contribution is -0.529. The number of benzene rings is 1. The Kier molecular flexibility index (Phi) is 10.1. The highest BCUT2D eigenvalue weighted by atomic mass is 16.3. The first-order valence-electron chi connectivity index (χ1n) is 15.9. The summed E-state index contributed by atoms with van der Waals surface area (Å²) in [5.41, 5.74) is 4.64. The van der Waals surface area contributed by atoms with Crippen LogP contribution >= 0.6 is 0 Å². The number of hydrazine groups is 2. The molecule has 0 atom stereocenters. The average Bonchev–Trinajstić information content (AvgIpc) is 3.75. The molecule has 0 unspecified atom stereocenters. The van der Waals surface area contributed by atoms with Gasteiger partial charge in [0.1, 0.15) is 5.76 Å². The summed E-state index contributed by atoms with van der Waals surface area (Å²) in [6.07, 6.45) is 13.3. The average molecular weight is 574 g/mol. The quantitative estimate of drug-likeness (QED) is 0.298. The zero-order chi connectivity index (χ0) is 29.6. The third-order valence-electron chi connectivity index (χ3n) is 9.25. The minimum absolute atomic E-state index is 0.0906. The van der Waals surface area contributed by atoms with Gasteiger partial charge >= 0.3 is 0 Å². The molecule has 2 heterocycles. The highest BCUT2D eigenvalue weighted by Crippen LogP contribution is 2.39. The van der Waals surface area contributed by atoms with Gasteiger partial charge in [0.25, 0.3) is 0 Å². The van der Waals surface area contributed by atoms with Crippen LogP contribution in [0.3, 0.4) is 0 Å². The van der Waals surface area contributed by atoms with E-state index in [1.807, 2.05) is 36.4 Å². The Morgan fingerprint density at radius 2 is 1.26 bits per heavy atom. The van der Waals surface area contributed by atoms with Crippen LogP contribution in [-0.2, 0) is 4.79 Å². The fourth-order valence-electron chi connectivity index (χ4n) is 6.47.